The summed E-state index contributed by atoms with van der Waals surface area (Å²) in [5.41, 5.74) is 8.58. The summed E-state index contributed by atoms with van der Waals surface area (Å²) in [6.45, 7) is 0. The summed E-state index contributed by atoms with van der Waals surface area (Å²) in [4.78, 5) is 0. The number of nitrogens with zero attached hydrogens (tertiary/aromatic N) is 1. The highest BCUT2D eigenvalue weighted by molar-refractivity contribution is 6.12. The highest BCUT2D eigenvalue weighted by atomic mass is 15.0. The van der Waals surface area contributed by atoms with E-state index in [1.807, 2.05) is 0 Å². The van der Waals surface area contributed by atoms with Crippen LogP contribution in [0.3, 0.4) is 0 Å². The number of benzene rings is 8. The highest BCUT2D eigenvalue weighted by Crippen LogP contribution is 2.37. The molecule has 0 aliphatic heterocycles. The fraction of sp³-hybridized carbons (Fsp3) is 0. The molecular weight excluding hydrogens is 518 g/mol. The van der Waals surface area contributed by atoms with Gasteiger partial charge in [0.15, 0.2) is 0 Å². The van der Waals surface area contributed by atoms with Crippen LogP contribution < -0.4 is 0 Å². The molecule has 1 aromatic heterocycles. The second kappa shape index (κ2) is 9.44. The highest BCUT2D eigenvalue weighted by Gasteiger charge is 2.15. The minimum absolute atomic E-state index is 1.21. The van der Waals surface area contributed by atoms with E-state index >= 15 is 0 Å². The van der Waals surface area contributed by atoms with E-state index < -0.39 is 0 Å². The second-order valence-electron chi connectivity index (χ2n) is 11.4. The number of para-hydroxylation sites is 1. The zero-order valence-corrected chi connectivity index (χ0v) is 23.5. The molecule has 0 aliphatic rings. The fourth-order valence-electron chi connectivity index (χ4n) is 6.85. The Kier molecular flexibility index (Phi) is 5.27. The quantitative estimate of drug-likeness (QED) is 0.195. The molecule has 0 amide bonds. The molecule has 1 heterocycles. The largest absolute Gasteiger partial charge is 0.309 e. The van der Waals surface area contributed by atoms with Crippen molar-refractivity contribution in [2.75, 3.05) is 0 Å². The number of aromatic nitrogens is 1. The van der Waals surface area contributed by atoms with Gasteiger partial charge >= 0.3 is 0 Å². The zero-order valence-electron chi connectivity index (χ0n) is 23.5. The monoisotopic (exact) mass is 545 g/mol. The van der Waals surface area contributed by atoms with Gasteiger partial charge in [-0.3, -0.25) is 0 Å². The summed E-state index contributed by atoms with van der Waals surface area (Å²) in [7, 11) is 0. The van der Waals surface area contributed by atoms with Gasteiger partial charge in [-0.2, -0.15) is 0 Å². The van der Waals surface area contributed by atoms with Crippen molar-refractivity contribution in [2.24, 2.45) is 0 Å². The maximum absolute atomic E-state index is 2.42. The van der Waals surface area contributed by atoms with Gasteiger partial charge in [0.25, 0.3) is 0 Å². The van der Waals surface area contributed by atoms with Gasteiger partial charge in [-0.1, -0.05) is 133 Å². The van der Waals surface area contributed by atoms with Gasteiger partial charge in [0, 0.05) is 16.2 Å². The lowest BCUT2D eigenvalue weighted by atomic mass is 9.95. The molecule has 1 heteroatoms. The molecule has 0 bridgehead atoms. The first-order valence-corrected chi connectivity index (χ1v) is 14.9. The van der Waals surface area contributed by atoms with Crippen LogP contribution in [0.25, 0.3) is 82.1 Å². The average molecular weight is 546 g/mol. The van der Waals surface area contributed by atoms with Crippen molar-refractivity contribution >= 4 is 54.1 Å². The standard InChI is InChI=1S/C42H27N/c1-3-11-35-31(9-1)20-21-32-22-23-33(26-38(32)35)28-16-18-29(19-17-28)34-24-25-42-39(27-34)37-13-5-6-14-41(37)43(42)40-15-7-10-30-8-2-4-12-36(30)40/h1-27H. The molecule has 200 valence electrons. The molecule has 0 saturated heterocycles. The summed E-state index contributed by atoms with van der Waals surface area (Å²) in [5.74, 6) is 0. The van der Waals surface area contributed by atoms with Crippen molar-refractivity contribution in [1.82, 2.24) is 4.57 Å². The van der Waals surface area contributed by atoms with Crippen LogP contribution in [0.4, 0.5) is 0 Å². The van der Waals surface area contributed by atoms with Crippen molar-refractivity contribution in [3.05, 3.63) is 164 Å². The Bertz CT molecular complexity index is 2490. The van der Waals surface area contributed by atoms with E-state index in [0.717, 1.165) is 0 Å². The molecule has 0 radical (unpaired) electrons. The molecule has 8 aromatic carbocycles. The van der Waals surface area contributed by atoms with Crippen LogP contribution in [-0.4, -0.2) is 4.57 Å². The van der Waals surface area contributed by atoms with Gasteiger partial charge in [0.05, 0.1) is 16.7 Å². The van der Waals surface area contributed by atoms with E-state index in [1.165, 1.54) is 82.1 Å². The molecule has 0 spiro atoms. The molecule has 1 nitrogen and oxygen atoms in total. The SMILES string of the molecule is c1ccc2c(-n3c4ccccc4c4cc(-c5ccc(-c6ccc7ccc8ccccc8c7c6)cc5)ccc43)cccc2c1. The third-order valence-corrected chi connectivity index (χ3v) is 8.98. The lowest BCUT2D eigenvalue weighted by Crippen LogP contribution is -1.95. The first-order valence-electron chi connectivity index (χ1n) is 14.9. The number of hydrogen-bond donors (Lipinski definition) is 0. The Morgan fingerprint density at radius 1 is 0.279 bits per heavy atom. The first kappa shape index (κ1) is 24.0. The van der Waals surface area contributed by atoms with E-state index in [9.17, 15) is 0 Å². The van der Waals surface area contributed by atoms with Crippen LogP contribution in [0.5, 0.6) is 0 Å². The number of rotatable bonds is 3. The molecule has 9 rings (SSSR count). The van der Waals surface area contributed by atoms with Gasteiger partial charge in [-0.25, -0.2) is 0 Å². The van der Waals surface area contributed by atoms with E-state index in [1.54, 1.807) is 0 Å². The van der Waals surface area contributed by atoms with Crippen LogP contribution in [-0.2, 0) is 0 Å². The molecule has 0 atom stereocenters. The minimum Gasteiger partial charge on any atom is -0.309 e. The Balaban J connectivity index is 1.15. The van der Waals surface area contributed by atoms with Crippen molar-refractivity contribution < 1.29 is 0 Å². The molecule has 0 unspecified atom stereocenters. The summed E-state index contributed by atoms with van der Waals surface area (Å²) >= 11 is 0. The molecule has 9 aromatic rings. The number of hydrogen-bond acceptors (Lipinski definition) is 0. The van der Waals surface area contributed by atoms with Crippen molar-refractivity contribution in [2.45, 2.75) is 0 Å². The predicted molar refractivity (Wildman–Crippen MR) is 184 cm³/mol. The van der Waals surface area contributed by atoms with Gasteiger partial charge < -0.3 is 4.57 Å². The van der Waals surface area contributed by atoms with E-state index in [0.29, 0.717) is 0 Å². The Labute approximate surface area is 249 Å². The van der Waals surface area contributed by atoms with Crippen molar-refractivity contribution in [3.8, 4) is 27.9 Å². The Hall–Kier alpha value is -5.66. The smallest absolute Gasteiger partial charge is 0.0541 e. The van der Waals surface area contributed by atoms with Crippen LogP contribution >= 0.6 is 0 Å². The fourth-order valence-corrected chi connectivity index (χ4v) is 6.85. The third kappa shape index (κ3) is 3.79. The third-order valence-electron chi connectivity index (χ3n) is 8.98. The Morgan fingerprint density at radius 2 is 0.767 bits per heavy atom. The van der Waals surface area contributed by atoms with Crippen LogP contribution in [0.1, 0.15) is 0 Å². The van der Waals surface area contributed by atoms with Crippen LogP contribution in [0.2, 0.25) is 0 Å². The normalized spacial score (nSPS) is 11.7. The van der Waals surface area contributed by atoms with Gasteiger partial charge in [0.2, 0.25) is 0 Å². The molecule has 0 saturated carbocycles. The lowest BCUT2D eigenvalue weighted by Gasteiger charge is -2.12. The van der Waals surface area contributed by atoms with Gasteiger partial charge in [-0.15, -0.1) is 0 Å². The lowest BCUT2D eigenvalue weighted by molar-refractivity contribution is 1.20. The van der Waals surface area contributed by atoms with Gasteiger partial charge in [-0.05, 0) is 79.5 Å². The summed E-state index contributed by atoms with van der Waals surface area (Å²) in [6, 6.07) is 59.8. The van der Waals surface area contributed by atoms with Crippen molar-refractivity contribution in [3.63, 3.8) is 0 Å². The van der Waals surface area contributed by atoms with Crippen LogP contribution in [0.15, 0.2) is 164 Å². The maximum Gasteiger partial charge on any atom is 0.0541 e. The Morgan fingerprint density at radius 3 is 1.53 bits per heavy atom. The van der Waals surface area contributed by atoms with E-state index in [4.69, 9.17) is 0 Å². The van der Waals surface area contributed by atoms with Crippen molar-refractivity contribution in [1.29, 1.82) is 0 Å². The van der Waals surface area contributed by atoms with E-state index in [2.05, 4.69) is 168 Å². The minimum atomic E-state index is 1.21. The molecule has 43 heavy (non-hydrogen) atoms. The summed E-state index contributed by atoms with van der Waals surface area (Å²) in [5, 5.41) is 10.2. The molecule has 0 fully saturated rings. The van der Waals surface area contributed by atoms with Gasteiger partial charge in [0.1, 0.15) is 0 Å². The average Bonchev–Trinajstić information content (AvgIpc) is 3.41. The first-order chi connectivity index (χ1) is 21.3. The second-order valence-corrected chi connectivity index (χ2v) is 11.4. The summed E-state index contributed by atoms with van der Waals surface area (Å²) in [6.07, 6.45) is 0. The molecule has 0 N–H and O–H groups in total. The van der Waals surface area contributed by atoms with E-state index in [-0.39, 0.29) is 0 Å². The molecule has 0 aliphatic carbocycles. The van der Waals surface area contributed by atoms with Crippen LogP contribution in [0, 0.1) is 0 Å². The zero-order chi connectivity index (χ0) is 28.3. The molecular formula is C42H27N. The topological polar surface area (TPSA) is 4.93 Å². The summed E-state index contributed by atoms with van der Waals surface area (Å²) < 4.78 is 2.42. The number of fused-ring (bicyclic) bond motifs is 7. The maximum atomic E-state index is 2.42. The predicted octanol–water partition coefficient (Wildman–Crippen LogP) is 11.6.